The minimum atomic E-state index is -1.91. The highest BCUT2D eigenvalue weighted by atomic mass is 35.6. The van der Waals surface area contributed by atoms with Gasteiger partial charge in [-0.15, -0.1) is 0 Å². The zero-order chi connectivity index (χ0) is 20.9. The van der Waals surface area contributed by atoms with Crippen LogP contribution in [0.4, 0.5) is 5.69 Å². The number of rotatable bonds is 5. The Morgan fingerprint density at radius 3 is 2.39 bits per heavy atom. The number of hydrogen-bond acceptors (Lipinski definition) is 3. The van der Waals surface area contributed by atoms with Crippen LogP contribution in [0.15, 0.2) is 42.5 Å². The number of para-hydroxylation sites is 1. The van der Waals surface area contributed by atoms with Crippen molar-refractivity contribution in [2.75, 3.05) is 12.4 Å². The molecule has 0 unspecified atom stereocenters. The van der Waals surface area contributed by atoms with E-state index in [0.29, 0.717) is 21.5 Å². The lowest BCUT2D eigenvalue weighted by atomic mass is 10.2. The molecule has 2 rings (SSSR count). The number of methoxy groups -OCH3 is 1. The van der Waals surface area contributed by atoms with E-state index in [9.17, 15) is 4.79 Å². The Bertz CT molecular complexity index is 876. The molecule has 0 spiro atoms. The first kappa shape index (κ1) is 23.1. The first-order valence-electron chi connectivity index (χ1n) is 7.65. The van der Waals surface area contributed by atoms with Gasteiger partial charge in [0.15, 0.2) is 5.11 Å². The maximum atomic E-state index is 12.6. The van der Waals surface area contributed by atoms with Crippen LogP contribution in [0.5, 0.6) is 5.75 Å². The number of ether oxygens (including phenoxy) is 1. The van der Waals surface area contributed by atoms with Crippen molar-refractivity contribution >= 4 is 86.9 Å². The largest absolute Gasteiger partial charge is 0.496 e. The van der Waals surface area contributed by atoms with Gasteiger partial charge in [-0.25, -0.2) is 0 Å². The molecule has 1 amide bonds. The quantitative estimate of drug-likeness (QED) is 0.290. The standard InChI is InChI=1S/C17H14Cl5N3O2S/c1-27-13-5-3-2-4-10(13)14(26)24-15(17(20,21)22)25-16(28)23-12-7-6-9(18)8-11(12)19/h2-8,15H,1H3,(H,24,26)(H2,23,25,28)/t15-/m1/s1. The summed E-state index contributed by atoms with van der Waals surface area (Å²) < 4.78 is 3.26. The molecule has 0 heterocycles. The van der Waals surface area contributed by atoms with Gasteiger partial charge >= 0.3 is 0 Å². The number of benzene rings is 2. The highest BCUT2D eigenvalue weighted by Crippen LogP contribution is 2.30. The summed E-state index contributed by atoms with van der Waals surface area (Å²) in [6.45, 7) is 0. The minimum absolute atomic E-state index is 0.0703. The summed E-state index contributed by atoms with van der Waals surface area (Å²) in [6, 6.07) is 11.4. The minimum Gasteiger partial charge on any atom is -0.496 e. The van der Waals surface area contributed by atoms with Crippen LogP contribution in [-0.2, 0) is 0 Å². The Kier molecular flexibility index (Phi) is 8.30. The van der Waals surface area contributed by atoms with Gasteiger partial charge in [0.2, 0.25) is 3.79 Å². The molecular formula is C17H14Cl5N3O2S. The third-order valence-electron chi connectivity index (χ3n) is 3.41. The van der Waals surface area contributed by atoms with Gasteiger partial charge in [0, 0.05) is 5.02 Å². The van der Waals surface area contributed by atoms with Crippen molar-refractivity contribution in [3.63, 3.8) is 0 Å². The van der Waals surface area contributed by atoms with Crippen molar-refractivity contribution in [2.45, 2.75) is 9.96 Å². The zero-order valence-electron chi connectivity index (χ0n) is 14.2. The highest BCUT2D eigenvalue weighted by molar-refractivity contribution is 7.80. The summed E-state index contributed by atoms with van der Waals surface area (Å²) in [5.74, 6) is -0.148. The van der Waals surface area contributed by atoms with Crippen molar-refractivity contribution in [1.29, 1.82) is 0 Å². The Balaban J connectivity index is 2.13. The van der Waals surface area contributed by atoms with Gasteiger partial charge < -0.3 is 20.7 Å². The molecule has 150 valence electrons. The molecule has 3 N–H and O–H groups in total. The Morgan fingerprint density at radius 2 is 1.79 bits per heavy atom. The molecule has 11 heteroatoms. The number of carbonyl (C=O) groups is 1. The van der Waals surface area contributed by atoms with Crippen LogP contribution in [0.2, 0.25) is 10.0 Å². The summed E-state index contributed by atoms with van der Waals surface area (Å²) in [4.78, 5) is 12.6. The lowest BCUT2D eigenvalue weighted by Gasteiger charge is -2.28. The molecular weight excluding hydrogens is 488 g/mol. The number of nitrogens with one attached hydrogen (secondary N) is 3. The maximum absolute atomic E-state index is 12.6. The normalized spacial score (nSPS) is 12.1. The van der Waals surface area contributed by atoms with Crippen molar-refractivity contribution in [1.82, 2.24) is 10.6 Å². The SMILES string of the molecule is COc1ccccc1C(=O)N[C@H](NC(=S)Nc1ccc(Cl)cc1Cl)C(Cl)(Cl)Cl. The van der Waals surface area contributed by atoms with Crippen LogP contribution in [0.1, 0.15) is 10.4 Å². The number of anilines is 1. The van der Waals surface area contributed by atoms with Gasteiger partial charge in [-0.3, -0.25) is 4.79 Å². The summed E-state index contributed by atoms with van der Waals surface area (Å²) in [7, 11) is 1.45. The molecule has 2 aromatic rings. The highest BCUT2D eigenvalue weighted by Gasteiger charge is 2.35. The van der Waals surface area contributed by atoms with Crippen LogP contribution >= 0.6 is 70.2 Å². The molecule has 0 aliphatic heterocycles. The zero-order valence-corrected chi connectivity index (χ0v) is 18.8. The molecule has 0 aromatic heterocycles. The van der Waals surface area contributed by atoms with Gasteiger partial charge in [0.1, 0.15) is 11.9 Å². The van der Waals surface area contributed by atoms with Crippen LogP contribution < -0.4 is 20.7 Å². The van der Waals surface area contributed by atoms with Crippen LogP contribution in [0.3, 0.4) is 0 Å². The predicted octanol–water partition coefficient (Wildman–Crippen LogP) is 5.41. The van der Waals surface area contributed by atoms with E-state index in [-0.39, 0.29) is 10.7 Å². The Hall–Kier alpha value is -1.15. The number of alkyl halides is 3. The van der Waals surface area contributed by atoms with E-state index in [1.165, 1.54) is 7.11 Å². The Morgan fingerprint density at radius 1 is 1.11 bits per heavy atom. The molecule has 0 saturated heterocycles. The lowest BCUT2D eigenvalue weighted by Crippen LogP contribution is -2.56. The predicted molar refractivity (Wildman–Crippen MR) is 120 cm³/mol. The smallest absolute Gasteiger partial charge is 0.256 e. The second kappa shape index (κ2) is 10.1. The summed E-state index contributed by atoms with van der Waals surface area (Å²) in [5.41, 5.74) is 0.758. The molecule has 0 fully saturated rings. The van der Waals surface area contributed by atoms with Gasteiger partial charge in [-0.1, -0.05) is 70.1 Å². The molecule has 5 nitrogen and oxygen atoms in total. The molecule has 0 aliphatic carbocycles. The molecule has 0 bridgehead atoms. The van der Waals surface area contributed by atoms with E-state index in [1.54, 1.807) is 42.5 Å². The van der Waals surface area contributed by atoms with Gasteiger partial charge in [-0.05, 0) is 42.5 Å². The van der Waals surface area contributed by atoms with E-state index >= 15 is 0 Å². The van der Waals surface area contributed by atoms with Crippen LogP contribution in [-0.4, -0.2) is 28.1 Å². The van der Waals surface area contributed by atoms with Crippen molar-refractivity contribution in [3.05, 3.63) is 58.1 Å². The third kappa shape index (κ3) is 6.44. The van der Waals surface area contributed by atoms with Crippen LogP contribution in [0.25, 0.3) is 0 Å². The van der Waals surface area contributed by atoms with Crippen molar-refractivity contribution in [3.8, 4) is 5.75 Å². The van der Waals surface area contributed by atoms with E-state index < -0.39 is 15.9 Å². The van der Waals surface area contributed by atoms with Gasteiger partial charge in [-0.2, -0.15) is 0 Å². The fourth-order valence-corrected chi connectivity index (χ4v) is 3.13. The molecule has 0 radical (unpaired) electrons. The van der Waals surface area contributed by atoms with Crippen LogP contribution in [0, 0.1) is 0 Å². The molecule has 0 saturated carbocycles. The average molecular weight is 502 g/mol. The van der Waals surface area contributed by atoms with Crippen molar-refractivity contribution < 1.29 is 9.53 Å². The summed E-state index contributed by atoms with van der Waals surface area (Å²) in [6.07, 6.45) is -1.15. The first-order chi connectivity index (χ1) is 13.1. The maximum Gasteiger partial charge on any atom is 0.256 e. The van der Waals surface area contributed by atoms with Crippen molar-refractivity contribution in [2.24, 2.45) is 0 Å². The van der Waals surface area contributed by atoms with E-state index in [2.05, 4.69) is 16.0 Å². The number of halogens is 5. The summed E-state index contributed by atoms with van der Waals surface area (Å²) >= 11 is 35.2. The number of hydrogen-bond donors (Lipinski definition) is 3. The monoisotopic (exact) mass is 499 g/mol. The Labute approximate surface area is 192 Å². The third-order valence-corrected chi connectivity index (χ3v) is 4.83. The van der Waals surface area contributed by atoms with Gasteiger partial charge in [0.05, 0.1) is 23.4 Å². The number of amides is 1. The molecule has 28 heavy (non-hydrogen) atoms. The molecule has 2 aromatic carbocycles. The average Bonchev–Trinajstić information content (AvgIpc) is 2.62. The molecule has 0 aliphatic rings. The lowest BCUT2D eigenvalue weighted by molar-refractivity contribution is 0.0931. The van der Waals surface area contributed by atoms with E-state index in [0.717, 1.165) is 0 Å². The first-order valence-corrected chi connectivity index (χ1v) is 9.95. The second-order valence-electron chi connectivity index (χ2n) is 5.37. The van der Waals surface area contributed by atoms with E-state index in [4.69, 9.17) is 75.0 Å². The molecule has 1 atom stereocenters. The fourth-order valence-electron chi connectivity index (χ4n) is 2.12. The van der Waals surface area contributed by atoms with Gasteiger partial charge in [0.25, 0.3) is 5.91 Å². The fraction of sp³-hybridized carbons (Fsp3) is 0.176. The van der Waals surface area contributed by atoms with E-state index in [1.807, 2.05) is 0 Å². The second-order valence-corrected chi connectivity index (χ2v) is 8.99. The topological polar surface area (TPSA) is 62.4 Å². The number of thiocarbonyl (C=S) groups is 1. The number of carbonyl (C=O) groups excluding carboxylic acids is 1. The summed E-state index contributed by atoms with van der Waals surface area (Å²) in [5, 5.41) is 9.07.